The first-order chi connectivity index (χ1) is 13.0. The highest BCUT2D eigenvalue weighted by atomic mass is 32.1. The van der Waals surface area contributed by atoms with E-state index in [9.17, 15) is 13.6 Å². The molecule has 1 fully saturated rings. The number of piperazine rings is 1. The Morgan fingerprint density at radius 3 is 2.63 bits per heavy atom. The molecule has 0 unspecified atom stereocenters. The first kappa shape index (κ1) is 19.4. The predicted octanol–water partition coefficient (Wildman–Crippen LogP) is 3.71. The number of hydrogen-bond acceptors (Lipinski definition) is 5. The molecule has 0 spiro atoms. The zero-order valence-electron chi connectivity index (χ0n) is 14.9. The molecule has 27 heavy (non-hydrogen) atoms. The zero-order valence-corrected chi connectivity index (χ0v) is 15.7. The van der Waals surface area contributed by atoms with Gasteiger partial charge < -0.3 is 19.7 Å². The SMILES string of the molecule is COc1ccc(NC(=O)N2CCN(Cc3cccs3)CC2)cc1OC(F)F. The molecule has 0 radical (unpaired) electrons. The monoisotopic (exact) mass is 397 g/mol. The summed E-state index contributed by atoms with van der Waals surface area (Å²) in [7, 11) is 1.36. The molecule has 2 aromatic rings. The Morgan fingerprint density at radius 1 is 1.22 bits per heavy atom. The number of nitrogens with one attached hydrogen (secondary N) is 1. The van der Waals surface area contributed by atoms with E-state index in [1.54, 1.807) is 22.3 Å². The number of alkyl halides is 2. The lowest BCUT2D eigenvalue weighted by Gasteiger charge is -2.34. The van der Waals surface area contributed by atoms with Gasteiger partial charge in [-0.2, -0.15) is 8.78 Å². The molecule has 0 atom stereocenters. The highest BCUT2D eigenvalue weighted by Gasteiger charge is 2.22. The van der Waals surface area contributed by atoms with E-state index in [1.807, 2.05) is 6.07 Å². The number of ether oxygens (including phenoxy) is 2. The molecule has 2 amide bonds. The van der Waals surface area contributed by atoms with Crippen molar-refractivity contribution in [2.45, 2.75) is 13.2 Å². The number of anilines is 1. The average Bonchev–Trinajstić information content (AvgIpc) is 3.15. The first-order valence-corrected chi connectivity index (χ1v) is 9.36. The summed E-state index contributed by atoms with van der Waals surface area (Å²) in [6.45, 7) is 0.698. The fourth-order valence-electron chi connectivity index (χ4n) is 2.88. The van der Waals surface area contributed by atoms with Crippen molar-refractivity contribution in [3.8, 4) is 11.5 Å². The minimum Gasteiger partial charge on any atom is -0.493 e. The molecular weight excluding hydrogens is 376 g/mol. The fraction of sp³-hybridized carbons (Fsp3) is 0.389. The molecule has 2 heterocycles. The lowest BCUT2D eigenvalue weighted by molar-refractivity contribution is -0.0511. The summed E-state index contributed by atoms with van der Waals surface area (Å²) in [6, 6.07) is 8.26. The molecule has 1 saturated heterocycles. The smallest absolute Gasteiger partial charge is 0.387 e. The molecule has 0 saturated carbocycles. The summed E-state index contributed by atoms with van der Waals surface area (Å²) >= 11 is 1.72. The van der Waals surface area contributed by atoms with Gasteiger partial charge in [-0.25, -0.2) is 4.79 Å². The minimum atomic E-state index is -2.97. The molecule has 6 nitrogen and oxygen atoms in total. The number of hydrogen-bond donors (Lipinski definition) is 1. The van der Waals surface area contributed by atoms with Crippen molar-refractivity contribution < 1.29 is 23.0 Å². The average molecular weight is 397 g/mol. The Labute approximate surface area is 160 Å². The van der Waals surface area contributed by atoms with Gasteiger partial charge in [-0.1, -0.05) is 6.07 Å². The maximum Gasteiger partial charge on any atom is 0.387 e. The molecule has 1 aromatic carbocycles. The van der Waals surface area contributed by atoms with E-state index in [4.69, 9.17) is 4.74 Å². The van der Waals surface area contributed by atoms with Crippen molar-refractivity contribution >= 4 is 23.1 Å². The Bertz CT molecular complexity index is 750. The third-order valence-electron chi connectivity index (χ3n) is 4.25. The van der Waals surface area contributed by atoms with E-state index >= 15 is 0 Å². The summed E-state index contributed by atoms with van der Waals surface area (Å²) in [5.41, 5.74) is 0.373. The van der Waals surface area contributed by atoms with E-state index in [0.29, 0.717) is 18.8 Å². The second-order valence-corrected chi connectivity index (χ2v) is 7.05. The summed E-state index contributed by atoms with van der Waals surface area (Å²) < 4.78 is 34.5. The van der Waals surface area contributed by atoms with Gasteiger partial charge in [0.05, 0.1) is 7.11 Å². The molecule has 1 aromatic heterocycles. The normalized spacial score (nSPS) is 15.0. The Hall–Kier alpha value is -2.39. The van der Waals surface area contributed by atoms with Crippen LogP contribution in [0.3, 0.4) is 0 Å². The second kappa shape index (κ2) is 9.01. The minimum absolute atomic E-state index is 0.119. The van der Waals surface area contributed by atoms with Crippen molar-refractivity contribution in [2.75, 3.05) is 38.6 Å². The van der Waals surface area contributed by atoms with Gasteiger partial charge >= 0.3 is 12.6 Å². The van der Waals surface area contributed by atoms with E-state index in [2.05, 4.69) is 26.4 Å². The van der Waals surface area contributed by atoms with E-state index < -0.39 is 6.61 Å². The number of rotatable bonds is 6. The van der Waals surface area contributed by atoms with Gasteiger partial charge in [0.15, 0.2) is 11.5 Å². The van der Waals surface area contributed by atoms with Crippen LogP contribution in [0.1, 0.15) is 4.88 Å². The van der Waals surface area contributed by atoms with E-state index in [-0.39, 0.29) is 17.5 Å². The van der Waals surface area contributed by atoms with Gasteiger partial charge in [-0.05, 0) is 23.6 Å². The number of carbonyl (C=O) groups is 1. The Morgan fingerprint density at radius 2 is 2.00 bits per heavy atom. The number of nitrogens with zero attached hydrogens (tertiary/aromatic N) is 2. The summed E-state index contributed by atoms with van der Waals surface area (Å²) in [5.74, 6) is 0.0570. The quantitative estimate of drug-likeness (QED) is 0.808. The van der Waals surface area contributed by atoms with Crippen molar-refractivity contribution in [2.24, 2.45) is 0 Å². The summed E-state index contributed by atoms with van der Waals surface area (Å²) in [5, 5.41) is 4.78. The topological polar surface area (TPSA) is 54.0 Å². The van der Waals surface area contributed by atoms with Crippen LogP contribution in [-0.4, -0.2) is 55.7 Å². The highest BCUT2D eigenvalue weighted by Crippen LogP contribution is 2.31. The van der Waals surface area contributed by atoms with Crippen molar-refractivity contribution in [1.82, 2.24) is 9.80 Å². The molecule has 3 rings (SSSR count). The maximum atomic E-state index is 12.5. The maximum absolute atomic E-state index is 12.5. The second-order valence-electron chi connectivity index (χ2n) is 6.02. The number of carbonyl (C=O) groups excluding carboxylic acids is 1. The van der Waals surface area contributed by atoms with E-state index in [0.717, 1.165) is 19.6 Å². The van der Waals surface area contributed by atoms with Gasteiger partial charge in [0.2, 0.25) is 0 Å². The third-order valence-corrected chi connectivity index (χ3v) is 5.11. The number of benzene rings is 1. The molecule has 1 aliphatic heterocycles. The first-order valence-electron chi connectivity index (χ1n) is 8.48. The van der Waals surface area contributed by atoms with Crippen LogP contribution in [0.15, 0.2) is 35.7 Å². The van der Waals surface area contributed by atoms with Crippen molar-refractivity contribution in [1.29, 1.82) is 0 Å². The molecule has 1 aliphatic rings. The van der Waals surface area contributed by atoms with Crippen LogP contribution in [0.5, 0.6) is 11.5 Å². The van der Waals surface area contributed by atoms with Crippen LogP contribution in [0.4, 0.5) is 19.3 Å². The zero-order chi connectivity index (χ0) is 19.2. The van der Waals surface area contributed by atoms with Gasteiger partial charge in [0, 0.05) is 49.4 Å². The van der Waals surface area contributed by atoms with Gasteiger partial charge in [0.1, 0.15) is 0 Å². The van der Waals surface area contributed by atoms with Crippen LogP contribution in [0.2, 0.25) is 0 Å². The number of thiophene rings is 1. The van der Waals surface area contributed by atoms with Crippen LogP contribution < -0.4 is 14.8 Å². The van der Waals surface area contributed by atoms with Crippen LogP contribution in [0.25, 0.3) is 0 Å². The van der Waals surface area contributed by atoms with Crippen LogP contribution in [-0.2, 0) is 6.54 Å². The molecule has 0 bridgehead atoms. The highest BCUT2D eigenvalue weighted by molar-refractivity contribution is 7.09. The molecule has 146 valence electrons. The molecule has 0 aliphatic carbocycles. The Kier molecular flexibility index (Phi) is 6.46. The largest absolute Gasteiger partial charge is 0.493 e. The van der Waals surface area contributed by atoms with Crippen LogP contribution in [0, 0.1) is 0 Å². The van der Waals surface area contributed by atoms with Crippen LogP contribution >= 0.6 is 11.3 Å². The molecule has 9 heteroatoms. The molecule has 1 N–H and O–H groups in total. The van der Waals surface area contributed by atoms with E-state index in [1.165, 1.54) is 24.1 Å². The van der Waals surface area contributed by atoms with Crippen molar-refractivity contribution in [3.63, 3.8) is 0 Å². The fourth-order valence-corrected chi connectivity index (χ4v) is 3.62. The lowest BCUT2D eigenvalue weighted by Crippen LogP contribution is -2.49. The number of urea groups is 1. The van der Waals surface area contributed by atoms with Gasteiger partial charge in [-0.3, -0.25) is 4.90 Å². The summed E-state index contributed by atoms with van der Waals surface area (Å²) in [6.07, 6.45) is 0. The van der Waals surface area contributed by atoms with Gasteiger partial charge in [0.25, 0.3) is 0 Å². The summed E-state index contributed by atoms with van der Waals surface area (Å²) in [4.78, 5) is 17.8. The number of halogens is 2. The molecular formula is C18H21F2N3O3S. The lowest BCUT2D eigenvalue weighted by atomic mass is 10.2. The Balaban J connectivity index is 1.54. The number of methoxy groups -OCH3 is 1. The predicted molar refractivity (Wildman–Crippen MR) is 99.8 cm³/mol. The standard InChI is InChI=1S/C18H21F2N3O3S/c1-25-15-5-4-13(11-16(15)26-17(19)20)21-18(24)23-8-6-22(7-9-23)12-14-3-2-10-27-14/h2-5,10-11,17H,6-9,12H2,1H3,(H,21,24). The van der Waals surface area contributed by atoms with Gasteiger partial charge in [-0.15, -0.1) is 11.3 Å². The third kappa shape index (κ3) is 5.30. The number of amides is 2. The van der Waals surface area contributed by atoms with Crippen molar-refractivity contribution in [3.05, 3.63) is 40.6 Å².